The molecule has 0 atom stereocenters. The van der Waals surface area contributed by atoms with Crippen LogP contribution in [0.25, 0.3) is 0 Å². The highest BCUT2D eigenvalue weighted by atomic mass is 32.2. The Morgan fingerprint density at radius 3 is 2.25 bits per heavy atom. The van der Waals surface area contributed by atoms with E-state index >= 15 is 0 Å². The third kappa shape index (κ3) is 2.40. The molecule has 0 N–H and O–H groups in total. The third-order valence-electron chi connectivity index (χ3n) is 1.72. The molecule has 0 aromatic carbocycles. The van der Waals surface area contributed by atoms with Gasteiger partial charge in [-0.15, -0.1) is 0 Å². The van der Waals surface area contributed by atoms with E-state index in [1.807, 2.05) is 0 Å². The monoisotopic (exact) mass is 256 g/mol. The number of halogens is 3. The zero-order valence-corrected chi connectivity index (χ0v) is 9.06. The maximum absolute atomic E-state index is 12.3. The molecule has 0 bridgehead atoms. The number of sulfone groups is 1. The first-order valence-electron chi connectivity index (χ1n) is 3.89. The highest BCUT2D eigenvalue weighted by Gasteiger charge is 2.34. The summed E-state index contributed by atoms with van der Waals surface area (Å²) in [5, 5.41) is -0.910. The Kier molecular flexibility index (Phi) is 2.84. The van der Waals surface area contributed by atoms with Gasteiger partial charge in [-0.1, -0.05) is 0 Å². The second-order valence-electron chi connectivity index (χ2n) is 3.09. The minimum absolute atomic E-state index is 0.245. The predicted octanol–water partition coefficient (Wildman–Crippen LogP) is 0.203. The van der Waals surface area contributed by atoms with E-state index in [0.29, 0.717) is 10.8 Å². The van der Waals surface area contributed by atoms with Gasteiger partial charge >= 0.3 is 6.18 Å². The Bertz CT molecular complexity index is 574. The van der Waals surface area contributed by atoms with E-state index in [4.69, 9.17) is 0 Å². The number of hydrogen-bond donors (Lipinski definition) is 0. The van der Waals surface area contributed by atoms with Gasteiger partial charge in [-0.25, -0.2) is 13.4 Å². The molecule has 0 radical (unpaired) electrons. The minimum Gasteiger partial charge on any atom is -0.287 e. The van der Waals surface area contributed by atoms with E-state index in [9.17, 15) is 26.4 Å². The zero-order chi connectivity index (χ0) is 12.7. The van der Waals surface area contributed by atoms with Crippen LogP contribution in [0.15, 0.2) is 16.0 Å². The molecule has 0 spiro atoms. The molecule has 0 saturated heterocycles. The highest BCUT2D eigenvalue weighted by Crippen LogP contribution is 2.26. The molecule has 0 saturated carbocycles. The zero-order valence-electron chi connectivity index (χ0n) is 8.24. The van der Waals surface area contributed by atoms with Gasteiger partial charge in [0.15, 0.2) is 5.69 Å². The van der Waals surface area contributed by atoms with Crippen LogP contribution < -0.4 is 5.56 Å². The molecule has 0 aliphatic rings. The third-order valence-corrected chi connectivity index (χ3v) is 2.74. The van der Waals surface area contributed by atoms with E-state index in [1.54, 1.807) is 0 Å². The van der Waals surface area contributed by atoms with E-state index in [-0.39, 0.29) is 6.07 Å². The summed E-state index contributed by atoms with van der Waals surface area (Å²) in [6.07, 6.45) is -4.18. The van der Waals surface area contributed by atoms with Crippen LogP contribution in [-0.2, 0) is 23.1 Å². The maximum Gasteiger partial charge on any atom is 0.433 e. The number of aromatic nitrogens is 2. The van der Waals surface area contributed by atoms with Gasteiger partial charge < -0.3 is 0 Å². The van der Waals surface area contributed by atoms with Crippen LogP contribution in [0.5, 0.6) is 0 Å². The molecule has 0 aliphatic heterocycles. The van der Waals surface area contributed by atoms with Gasteiger partial charge in [-0.3, -0.25) is 9.36 Å². The Balaban J connectivity index is 3.66. The lowest BCUT2D eigenvalue weighted by Crippen LogP contribution is -2.27. The van der Waals surface area contributed by atoms with Crippen molar-refractivity contribution in [3.05, 3.63) is 22.1 Å². The average Bonchev–Trinajstić information content (AvgIpc) is 2.05. The summed E-state index contributed by atoms with van der Waals surface area (Å²) in [7, 11) is -2.95. The van der Waals surface area contributed by atoms with Gasteiger partial charge in [0.1, 0.15) is 0 Å². The second kappa shape index (κ2) is 3.58. The predicted molar refractivity (Wildman–Crippen MR) is 47.6 cm³/mol. The van der Waals surface area contributed by atoms with Crippen molar-refractivity contribution in [2.45, 2.75) is 11.3 Å². The van der Waals surface area contributed by atoms with Gasteiger partial charge in [0.05, 0.1) is 0 Å². The van der Waals surface area contributed by atoms with Crippen molar-refractivity contribution in [2.24, 2.45) is 7.05 Å². The fourth-order valence-electron chi connectivity index (χ4n) is 0.995. The molecule has 9 heteroatoms. The first-order chi connectivity index (χ1) is 7.03. The van der Waals surface area contributed by atoms with Crippen LogP contribution in [0.3, 0.4) is 0 Å². The molecule has 1 aromatic heterocycles. The number of rotatable bonds is 1. The van der Waals surface area contributed by atoms with Gasteiger partial charge in [0.25, 0.3) is 5.56 Å². The van der Waals surface area contributed by atoms with Crippen molar-refractivity contribution in [3.8, 4) is 0 Å². The Hall–Kier alpha value is -1.38. The molecule has 5 nitrogen and oxygen atoms in total. The summed E-state index contributed by atoms with van der Waals surface area (Å²) >= 11 is 0. The van der Waals surface area contributed by atoms with Crippen molar-refractivity contribution in [1.29, 1.82) is 0 Å². The molecule has 90 valence electrons. The average molecular weight is 256 g/mol. The summed E-state index contributed by atoms with van der Waals surface area (Å²) in [6.45, 7) is 0. The van der Waals surface area contributed by atoms with Crippen LogP contribution in [0.1, 0.15) is 5.69 Å². The number of alkyl halides is 3. The van der Waals surface area contributed by atoms with Gasteiger partial charge in [-0.2, -0.15) is 13.2 Å². The first kappa shape index (κ1) is 12.7. The highest BCUT2D eigenvalue weighted by molar-refractivity contribution is 7.90. The molecule has 1 aromatic rings. The molecule has 0 amide bonds. The fraction of sp³-hybridized carbons (Fsp3) is 0.429. The summed E-state index contributed by atoms with van der Waals surface area (Å²) in [5.41, 5.74) is -2.60. The quantitative estimate of drug-likeness (QED) is 0.673. The maximum atomic E-state index is 12.3. The largest absolute Gasteiger partial charge is 0.433 e. The van der Waals surface area contributed by atoms with Gasteiger partial charge in [0, 0.05) is 19.4 Å². The molecule has 1 heterocycles. The fourth-order valence-corrected chi connectivity index (χ4v) is 1.85. The Morgan fingerprint density at radius 2 is 1.88 bits per heavy atom. The molecular formula is C7H7F3N2O3S. The van der Waals surface area contributed by atoms with Crippen molar-refractivity contribution in [2.75, 3.05) is 6.26 Å². The first-order valence-corrected chi connectivity index (χ1v) is 5.78. The smallest absolute Gasteiger partial charge is 0.287 e. The lowest BCUT2D eigenvalue weighted by molar-refractivity contribution is -0.141. The summed E-state index contributed by atoms with van der Waals surface area (Å²) in [6, 6.07) is 0.245. The standard InChI is InChI=1S/C7H7F3N2O3S/c1-12-5(13)3-4(7(8,9)10)11-6(12)16(2,14)15/h3H,1-2H3. The molecule has 16 heavy (non-hydrogen) atoms. The lowest BCUT2D eigenvalue weighted by Gasteiger charge is -2.09. The van der Waals surface area contributed by atoms with Crippen LogP contribution in [0.2, 0.25) is 0 Å². The van der Waals surface area contributed by atoms with E-state index in [1.165, 1.54) is 0 Å². The topological polar surface area (TPSA) is 69.0 Å². The molecule has 0 fully saturated rings. The second-order valence-corrected chi connectivity index (χ2v) is 5.00. The van der Waals surface area contributed by atoms with E-state index in [2.05, 4.69) is 4.98 Å². The molecule has 0 unspecified atom stereocenters. The lowest BCUT2D eigenvalue weighted by atomic mass is 10.4. The van der Waals surface area contributed by atoms with Crippen LogP contribution >= 0.6 is 0 Å². The number of hydrogen-bond acceptors (Lipinski definition) is 4. The Morgan fingerprint density at radius 1 is 1.38 bits per heavy atom. The van der Waals surface area contributed by atoms with Gasteiger partial charge in [0.2, 0.25) is 15.0 Å². The van der Waals surface area contributed by atoms with Crippen LogP contribution in [-0.4, -0.2) is 24.2 Å². The van der Waals surface area contributed by atoms with E-state index < -0.39 is 32.4 Å². The SMILES string of the molecule is Cn1c(S(C)(=O)=O)nc(C(F)(F)F)cc1=O. The minimum atomic E-state index is -4.85. The normalized spacial score (nSPS) is 12.8. The van der Waals surface area contributed by atoms with Crippen molar-refractivity contribution < 1.29 is 21.6 Å². The van der Waals surface area contributed by atoms with E-state index in [0.717, 1.165) is 7.05 Å². The van der Waals surface area contributed by atoms with Crippen LogP contribution in [0.4, 0.5) is 13.2 Å². The summed E-state index contributed by atoms with van der Waals surface area (Å²) < 4.78 is 59.5. The summed E-state index contributed by atoms with van der Waals surface area (Å²) in [5.74, 6) is 0. The Labute approximate surface area is 88.5 Å². The van der Waals surface area contributed by atoms with Crippen LogP contribution in [0, 0.1) is 0 Å². The number of nitrogens with zero attached hydrogens (tertiary/aromatic N) is 2. The summed E-state index contributed by atoms with van der Waals surface area (Å²) in [4.78, 5) is 14.0. The molecule has 0 aliphatic carbocycles. The molecule has 1 rings (SSSR count). The van der Waals surface area contributed by atoms with Crippen molar-refractivity contribution >= 4 is 9.84 Å². The van der Waals surface area contributed by atoms with Crippen molar-refractivity contribution in [3.63, 3.8) is 0 Å². The van der Waals surface area contributed by atoms with Crippen molar-refractivity contribution in [1.82, 2.24) is 9.55 Å². The molecular weight excluding hydrogens is 249 g/mol. The van der Waals surface area contributed by atoms with Gasteiger partial charge in [-0.05, 0) is 0 Å².